The van der Waals surface area contributed by atoms with E-state index in [-0.39, 0.29) is 16.6 Å². The van der Waals surface area contributed by atoms with E-state index in [0.717, 1.165) is 29.5 Å². The summed E-state index contributed by atoms with van der Waals surface area (Å²) in [7, 11) is 0. The van der Waals surface area contributed by atoms with Crippen molar-refractivity contribution in [2.45, 2.75) is 47.1 Å². The smallest absolute Gasteiger partial charge is 0.279 e. The second-order valence-electron chi connectivity index (χ2n) is 8.25. The van der Waals surface area contributed by atoms with Crippen molar-refractivity contribution >= 4 is 22.6 Å². The van der Waals surface area contributed by atoms with Gasteiger partial charge in [0.2, 0.25) is 0 Å². The second-order valence-corrected chi connectivity index (χ2v) is 8.25. The summed E-state index contributed by atoms with van der Waals surface area (Å²) in [6, 6.07) is 12.7. The Hall–Kier alpha value is -4.05. The molecule has 0 spiro atoms. The van der Waals surface area contributed by atoms with Crippen molar-refractivity contribution in [1.29, 1.82) is 5.26 Å². The van der Waals surface area contributed by atoms with Gasteiger partial charge >= 0.3 is 0 Å². The molecule has 4 rings (SSSR count). The molecule has 3 heterocycles. The molecule has 0 N–H and O–H groups in total. The number of aromatic nitrogens is 3. The Morgan fingerprint density at radius 3 is 2.58 bits per heavy atom. The van der Waals surface area contributed by atoms with Crippen LogP contribution < -0.4 is 11.0 Å². The number of carbonyl (C=O) groups excluding carboxylic acids is 1. The molecular formula is C26H25N5O2. The number of nitrogens with zero attached hydrogens (tertiary/aromatic N) is 5. The molecule has 1 aromatic carbocycles. The molecule has 0 unspecified atom stereocenters. The van der Waals surface area contributed by atoms with Gasteiger partial charge in [0, 0.05) is 18.3 Å². The molecule has 7 nitrogen and oxygen atoms in total. The third kappa shape index (κ3) is 3.96. The minimum absolute atomic E-state index is 0.169. The van der Waals surface area contributed by atoms with Crippen LogP contribution in [0.25, 0.3) is 16.7 Å². The van der Waals surface area contributed by atoms with Gasteiger partial charge in [-0.2, -0.15) is 10.3 Å². The zero-order valence-corrected chi connectivity index (χ0v) is 19.2. The Labute approximate surface area is 191 Å². The van der Waals surface area contributed by atoms with Crippen molar-refractivity contribution in [3.63, 3.8) is 0 Å². The largest absolute Gasteiger partial charge is 0.309 e. The monoisotopic (exact) mass is 439 g/mol. The predicted molar refractivity (Wildman–Crippen MR) is 127 cm³/mol. The summed E-state index contributed by atoms with van der Waals surface area (Å²) in [6.45, 7) is 8.34. The quantitative estimate of drug-likeness (QED) is 0.450. The highest BCUT2D eigenvalue weighted by Crippen LogP contribution is 2.14. The van der Waals surface area contributed by atoms with Crippen LogP contribution in [0, 0.1) is 32.1 Å². The maximum absolute atomic E-state index is 13.3. The van der Waals surface area contributed by atoms with Gasteiger partial charge in [0.1, 0.15) is 17.4 Å². The molecular weight excluding hydrogens is 414 g/mol. The minimum Gasteiger partial charge on any atom is -0.309 e. The van der Waals surface area contributed by atoms with Crippen molar-refractivity contribution in [2.75, 3.05) is 0 Å². The Balaban J connectivity index is 2.09. The number of unbranched alkanes of at least 4 members (excludes halogenated alkanes) is 1. The molecule has 0 saturated heterocycles. The van der Waals surface area contributed by atoms with Gasteiger partial charge in [0.15, 0.2) is 5.49 Å². The number of carbonyl (C=O) groups is 1. The zero-order chi connectivity index (χ0) is 23.7. The summed E-state index contributed by atoms with van der Waals surface area (Å²) in [5, 5.41) is 10.2. The Morgan fingerprint density at radius 1 is 1.09 bits per heavy atom. The maximum Gasteiger partial charge on any atom is 0.279 e. The van der Waals surface area contributed by atoms with Crippen LogP contribution in [0.4, 0.5) is 0 Å². The van der Waals surface area contributed by atoms with Crippen molar-refractivity contribution in [3.05, 3.63) is 86.3 Å². The van der Waals surface area contributed by atoms with Crippen molar-refractivity contribution in [3.8, 4) is 6.07 Å². The Morgan fingerprint density at radius 2 is 1.88 bits per heavy atom. The first-order valence-corrected chi connectivity index (χ1v) is 11.0. The molecule has 0 saturated carbocycles. The molecule has 0 fully saturated rings. The summed E-state index contributed by atoms with van der Waals surface area (Å²) < 4.78 is 3.23. The predicted octanol–water partition coefficient (Wildman–Crippen LogP) is 3.99. The van der Waals surface area contributed by atoms with Gasteiger partial charge in [-0.05, 0) is 68.1 Å². The van der Waals surface area contributed by atoms with E-state index in [0.29, 0.717) is 28.8 Å². The standard InChI is InChI=1S/C26H25N5O2/c1-5-6-11-30-23(29-25(32)19-10-9-16(2)18(4)13-19)20(15-27)14-21-24(30)28-22-17(3)8-7-12-31(22)26(21)33/h7-10,12-14H,5-6,11H2,1-4H3. The van der Waals surface area contributed by atoms with Gasteiger partial charge in [-0.15, -0.1) is 0 Å². The van der Waals surface area contributed by atoms with E-state index >= 15 is 0 Å². The highest BCUT2D eigenvalue weighted by Gasteiger charge is 2.16. The first kappa shape index (κ1) is 22.2. The molecule has 33 heavy (non-hydrogen) atoms. The topological polar surface area (TPSA) is 92.5 Å². The highest BCUT2D eigenvalue weighted by molar-refractivity contribution is 5.95. The van der Waals surface area contributed by atoms with Gasteiger partial charge in [-0.1, -0.05) is 25.5 Å². The van der Waals surface area contributed by atoms with Gasteiger partial charge in [-0.25, -0.2) is 4.98 Å². The second kappa shape index (κ2) is 8.83. The van der Waals surface area contributed by atoms with Crippen LogP contribution in [0.1, 0.15) is 52.4 Å². The molecule has 0 aliphatic carbocycles. The number of fused-ring (bicyclic) bond motifs is 2. The average molecular weight is 440 g/mol. The fourth-order valence-corrected chi connectivity index (χ4v) is 3.85. The molecule has 0 aliphatic heterocycles. The zero-order valence-electron chi connectivity index (χ0n) is 19.2. The SMILES string of the molecule is CCCCn1c(=NC(=O)c2ccc(C)c(C)c2)c(C#N)cc2c(=O)n3cccc(C)c3nc21. The lowest BCUT2D eigenvalue weighted by atomic mass is 10.1. The van der Waals surface area contributed by atoms with E-state index in [9.17, 15) is 14.9 Å². The summed E-state index contributed by atoms with van der Waals surface area (Å²) in [5.41, 5.74) is 4.48. The lowest BCUT2D eigenvalue weighted by molar-refractivity contribution is 0.0997. The number of amides is 1. The van der Waals surface area contributed by atoms with E-state index in [1.807, 2.05) is 32.9 Å². The molecule has 7 heteroatoms. The molecule has 0 bridgehead atoms. The number of hydrogen-bond donors (Lipinski definition) is 0. The van der Waals surface area contributed by atoms with Crippen LogP contribution in [-0.4, -0.2) is 19.9 Å². The number of nitriles is 1. The highest BCUT2D eigenvalue weighted by atomic mass is 16.1. The van der Waals surface area contributed by atoms with Crippen LogP contribution in [0.15, 0.2) is 52.4 Å². The molecule has 0 aliphatic rings. The fraction of sp³-hybridized carbons (Fsp3) is 0.269. The Bertz CT molecular complexity index is 1590. The van der Waals surface area contributed by atoms with Gasteiger partial charge in [0.05, 0.1) is 10.9 Å². The van der Waals surface area contributed by atoms with Crippen LogP contribution in [-0.2, 0) is 6.54 Å². The van der Waals surface area contributed by atoms with E-state index in [1.54, 1.807) is 29.0 Å². The first-order valence-electron chi connectivity index (χ1n) is 11.0. The lowest BCUT2D eigenvalue weighted by Gasteiger charge is -2.14. The molecule has 0 radical (unpaired) electrons. The Kier molecular flexibility index (Phi) is 5.93. The molecule has 0 atom stereocenters. The fourth-order valence-electron chi connectivity index (χ4n) is 3.85. The number of benzene rings is 1. The van der Waals surface area contributed by atoms with Crippen molar-refractivity contribution < 1.29 is 4.79 Å². The molecule has 166 valence electrons. The van der Waals surface area contributed by atoms with Gasteiger partial charge < -0.3 is 4.57 Å². The summed E-state index contributed by atoms with van der Waals surface area (Å²) >= 11 is 0. The number of pyridine rings is 2. The molecule has 3 aromatic heterocycles. The number of aryl methyl sites for hydroxylation is 4. The minimum atomic E-state index is -0.437. The molecule has 4 aromatic rings. The average Bonchev–Trinajstić information content (AvgIpc) is 2.80. The van der Waals surface area contributed by atoms with Crippen LogP contribution in [0.3, 0.4) is 0 Å². The summed E-state index contributed by atoms with van der Waals surface area (Å²) in [5.74, 6) is -0.437. The lowest BCUT2D eigenvalue weighted by Crippen LogP contribution is -2.29. The normalized spacial score (nSPS) is 11.8. The van der Waals surface area contributed by atoms with Crippen LogP contribution >= 0.6 is 0 Å². The van der Waals surface area contributed by atoms with E-state index in [2.05, 4.69) is 18.0 Å². The first-order chi connectivity index (χ1) is 15.8. The third-order valence-electron chi connectivity index (χ3n) is 5.92. The molecule has 1 amide bonds. The van der Waals surface area contributed by atoms with E-state index in [1.165, 1.54) is 10.5 Å². The van der Waals surface area contributed by atoms with Gasteiger partial charge in [0.25, 0.3) is 11.5 Å². The van der Waals surface area contributed by atoms with E-state index in [4.69, 9.17) is 4.98 Å². The number of hydrogen-bond acceptors (Lipinski definition) is 4. The summed E-state index contributed by atoms with van der Waals surface area (Å²) in [4.78, 5) is 35.5. The maximum atomic E-state index is 13.3. The number of rotatable bonds is 4. The van der Waals surface area contributed by atoms with Crippen LogP contribution in [0.5, 0.6) is 0 Å². The van der Waals surface area contributed by atoms with E-state index < -0.39 is 5.91 Å². The van der Waals surface area contributed by atoms with Gasteiger partial charge in [-0.3, -0.25) is 14.0 Å². The van der Waals surface area contributed by atoms with Crippen LogP contribution in [0.2, 0.25) is 0 Å². The van der Waals surface area contributed by atoms with Crippen molar-refractivity contribution in [2.24, 2.45) is 4.99 Å². The summed E-state index contributed by atoms with van der Waals surface area (Å²) in [6.07, 6.45) is 3.34. The third-order valence-corrected chi connectivity index (χ3v) is 5.92. The van der Waals surface area contributed by atoms with Crippen molar-refractivity contribution in [1.82, 2.24) is 14.0 Å².